The Balaban J connectivity index is 1.64. The van der Waals surface area contributed by atoms with Crippen molar-refractivity contribution in [2.24, 2.45) is 0 Å². The highest BCUT2D eigenvalue weighted by atomic mass is 19.4. The minimum atomic E-state index is -4.49. The van der Waals surface area contributed by atoms with Crippen LogP contribution in [0.5, 0.6) is 0 Å². The number of nitrogens with zero attached hydrogens (tertiary/aromatic N) is 2. The minimum Gasteiger partial charge on any atom is -0.353 e. The first-order chi connectivity index (χ1) is 13.3. The van der Waals surface area contributed by atoms with E-state index in [0.717, 1.165) is 37.8 Å². The van der Waals surface area contributed by atoms with Crippen LogP contribution in [0.25, 0.3) is 11.4 Å². The fraction of sp³-hybridized carbons (Fsp3) is 0.474. The number of alkyl halides is 3. The van der Waals surface area contributed by atoms with Crippen LogP contribution in [0.1, 0.15) is 49.8 Å². The molecule has 1 heterocycles. The first-order valence-corrected chi connectivity index (χ1v) is 9.26. The SMILES string of the molecule is O=C(CCc1nnc(-c2cccc(C(F)(F)F)c2)[nH]c1=O)NC1CCCCC1. The normalized spacial score (nSPS) is 15.4. The van der Waals surface area contributed by atoms with Crippen molar-refractivity contribution < 1.29 is 18.0 Å². The van der Waals surface area contributed by atoms with Crippen molar-refractivity contribution in [3.8, 4) is 11.4 Å². The second-order valence-corrected chi connectivity index (χ2v) is 6.93. The van der Waals surface area contributed by atoms with Gasteiger partial charge in [0.15, 0.2) is 5.82 Å². The van der Waals surface area contributed by atoms with Crippen LogP contribution >= 0.6 is 0 Å². The van der Waals surface area contributed by atoms with Crippen molar-refractivity contribution in [2.45, 2.75) is 57.2 Å². The van der Waals surface area contributed by atoms with E-state index in [1.165, 1.54) is 18.6 Å². The number of aromatic nitrogens is 3. The molecule has 2 aromatic rings. The Kier molecular flexibility index (Phi) is 6.11. The molecule has 0 radical (unpaired) electrons. The van der Waals surface area contributed by atoms with Crippen LogP contribution in [0.3, 0.4) is 0 Å². The molecule has 0 aliphatic heterocycles. The molecule has 0 atom stereocenters. The Morgan fingerprint density at radius 1 is 1.18 bits per heavy atom. The molecule has 1 aromatic heterocycles. The zero-order valence-corrected chi connectivity index (χ0v) is 15.2. The van der Waals surface area contributed by atoms with Gasteiger partial charge in [0.25, 0.3) is 5.56 Å². The number of aromatic amines is 1. The molecule has 0 saturated heterocycles. The third-order valence-corrected chi connectivity index (χ3v) is 4.79. The predicted molar refractivity (Wildman–Crippen MR) is 96.4 cm³/mol. The number of halogens is 3. The highest BCUT2D eigenvalue weighted by Crippen LogP contribution is 2.31. The van der Waals surface area contributed by atoms with E-state index in [9.17, 15) is 22.8 Å². The molecule has 28 heavy (non-hydrogen) atoms. The molecule has 1 saturated carbocycles. The van der Waals surface area contributed by atoms with Crippen molar-refractivity contribution in [1.82, 2.24) is 20.5 Å². The maximum absolute atomic E-state index is 12.8. The Morgan fingerprint density at radius 2 is 1.93 bits per heavy atom. The quantitative estimate of drug-likeness (QED) is 0.815. The fourth-order valence-corrected chi connectivity index (χ4v) is 3.28. The molecule has 1 amide bonds. The maximum atomic E-state index is 12.8. The van der Waals surface area contributed by atoms with Crippen LogP contribution in [-0.2, 0) is 17.4 Å². The summed E-state index contributed by atoms with van der Waals surface area (Å²) in [5, 5.41) is 10.6. The second-order valence-electron chi connectivity index (χ2n) is 6.93. The summed E-state index contributed by atoms with van der Waals surface area (Å²) in [5.74, 6) is -0.193. The summed E-state index contributed by atoms with van der Waals surface area (Å²) in [6, 6.07) is 4.67. The monoisotopic (exact) mass is 394 g/mol. The minimum absolute atomic E-state index is 0.0495. The van der Waals surface area contributed by atoms with Gasteiger partial charge >= 0.3 is 6.18 Å². The lowest BCUT2D eigenvalue weighted by molar-refractivity contribution is -0.137. The largest absolute Gasteiger partial charge is 0.416 e. The van der Waals surface area contributed by atoms with Gasteiger partial charge in [0.2, 0.25) is 5.91 Å². The molecule has 1 aromatic carbocycles. The van der Waals surface area contributed by atoms with Crippen molar-refractivity contribution in [3.63, 3.8) is 0 Å². The molecule has 1 aliphatic carbocycles. The lowest BCUT2D eigenvalue weighted by Crippen LogP contribution is -2.36. The summed E-state index contributed by atoms with van der Waals surface area (Å²) in [6.45, 7) is 0. The summed E-state index contributed by atoms with van der Waals surface area (Å²) in [7, 11) is 0. The van der Waals surface area contributed by atoms with Crippen molar-refractivity contribution >= 4 is 5.91 Å². The summed E-state index contributed by atoms with van der Waals surface area (Å²) in [4.78, 5) is 26.7. The standard InChI is InChI=1S/C19H21F3N4O2/c20-19(21,22)13-6-4-5-12(11-13)17-24-18(28)15(25-26-17)9-10-16(27)23-14-7-2-1-3-8-14/h4-6,11,14H,1-3,7-10H2,(H,23,27)(H,24,26,28). The number of rotatable bonds is 5. The van der Waals surface area contributed by atoms with E-state index >= 15 is 0 Å². The van der Waals surface area contributed by atoms with Crippen molar-refractivity contribution in [1.29, 1.82) is 0 Å². The van der Waals surface area contributed by atoms with Gasteiger partial charge in [-0.25, -0.2) is 0 Å². The number of carbonyl (C=O) groups is 1. The van der Waals surface area contributed by atoms with Gasteiger partial charge in [-0.2, -0.15) is 13.2 Å². The summed E-state index contributed by atoms with van der Waals surface area (Å²) >= 11 is 0. The highest BCUT2D eigenvalue weighted by molar-refractivity contribution is 5.76. The van der Waals surface area contributed by atoms with E-state index in [4.69, 9.17) is 0 Å². The van der Waals surface area contributed by atoms with Crippen LogP contribution < -0.4 is 10.9 Å². The number of benzene rings is 1. The Hall–Kier alpha value is -2.71. The third kappa shape index (κ3) is 5.17. The van der Waals surface area contributed by atoms with Crippen LogP contribution in [0.15, 0.2) is 29.1 Å². The van der Waals surface area contributed by atoms with Crippen LogP contribution in [-0.4, -0.2) is 27.1 Å². The number of aryl methyl sites for hydroxylation is 1. The number of hydrogen-bond donors (Lipinski definition) is 2. The topological polar surface area (TPSA) is 87.7 Å². The van der Waals surface area contributed by atoms with Crippen LogP contribution in [0.4, 0.5) is 13.2 Å². The van der Waals surface area contributed by atoms with Gasteiger partial charge in [-0.15, -0.1) is 10.2 Å². The molecule has 0 unspecified atom stereocenters. The van der Waals surface area contributed by atoms with E-state index in [1.54, 1.807) is 0 Å². The van der Waals surface area contributed by atoms with E-state index in [2.05, 4.69) is 20.5 Å². The van der Waals surface area contributed by atoms with Gasteiger partial charge in [0, 0.05) is 24.4 Å². The van der Waals surface area contributed by atoms with Gasteiger partial charge < -0.3 is 10.3 Å². The Bertz CT molecular complexity index is 889. The zero-order chi connectivity index (χ0) is 20.1. The molecule has 0 bridgehead atoms. The first kappa shape index (κ1) is 20.0. The Labute approximate surface area is 159 Å². The van der Waals surface area contributed by atoms with E-state index in [0.29, 0.717) is 0 Å². The second kappa shape index (κ2) is 8.53. The fourth-order valence-electron chi connectivity index (χ4n) is 3.28. The third-order valence-electron chi connectivity index (χ3n) is 4.79. The molecular formula is C19H21F3N4O2. The van der Waals surface area contributed by atoms with Crippen molar-refractivity contribution in [2.75, 3.05) is 0 Å². The Morgan fingerprint density at radius 3 is 2.61 bits per heavy atom. The molecule has 1 fully saturated rings. The lowest BCUT2D eigenvalue weighted by atomic mass is 9.95. The van der Waals surface area contributed by atoms with Gasteiger partial charge in [-0.05, 0) is 25.0 Å². The molecule has 1 aliphatic rings. The van der Waals surface area contributed by atoms with E-state index in [-0.39, 0.29) is 41.9 Å². The molecular weight excluding hydrogens is 373 g/mol. The molecule has 3 rings (SSSR count). The smallest absolute Gasteiger partial charge is 0.353 e. The maximum Gasteiger partial charge on any atom is 0.416 e. The van der Waals surface area contributed by atoms with Crippen LogP contribution in [0.2, 0.25) is 0 Å². The summed E-state index contributed by atoms with van der Waals surface area (Å²) in [5.41, 5.74) is -1.21. The van der Waals surface area contributed by atoms with E-state index < -0.39 is 17.3 Å². The number of H-pyrrole nitrogens is 1. The van der Waals surface area contributed by atoms with Gasteiger partial charge in [0.05, 0.1) is 5.56 Å². The number of hydrogen-bond acceptors (Lipinski definition) is 4. The number of nitrogens with one attached hydrogen (secondary N) is 2. The summed E-state index contributed by atoms with van der Waals surface area (Å²) in [6.07, 6.45) is 1.07. The van der Waals surface area contributed by atoms with Gasteiger partial charge in [-0.3, -0.25) is 9.59 Å². The first-order valence-electron chi connectivity index (χ1n) is 9.26. The molecule has 150 valence electrons. The molecule has 9 heteroatoms. The predicted octanol–water partition coefficient (Wildman–Crippen LogP) is 3.23. The average molecular weight is 394 g/mol. The number of amides is 1. The van der Waals surface area contributed by atoms with Gasteiger partial charge in [-0.1, -0.05) is 31.4 Å². The van der Waals surface area contributed by atoms with Gasteiger partial charge in [0.1, 0.15) is 5.69 Å². The molecule has 0 spiro atoms. The van der Waals surface area contributed by atoms with Crippen LogP contribution in [0, 0.1) is 0 Å². The highest BCUT2D eigenvalue weighted by Gasteiger charge is 2.30. The molecule has 2 N–H and O–H groups in total. The molecule has 6 nitrogen and oxygen atoms in total. The summed E-state index contributed by atoms with van der Waals surface area (Å²) < 4.78 is 38.5. The zero-order valence-electron chi connectivity index (χ0n) is 15.2. The number of carbonyl (C=O) groups excluding carboxylic acids is 1. The van der Waals surface area contributed by atoms with Crippen molar-refractivity contribution in [3.05, 3.63) is 45.9 Å². The lowest BCUT2D eigenvalue weighted by Gasteiger charge is -2.22. The average Bonchev–Trinajstić information content (AvgIpc) is 2.67. The van der Waals surface area contributed by atoms with E-state index in [1.807, 2.05) is 0 Å².